The van der Waals surface area contributed by atoms with E-state index < -0.39 is 27.9 Å². The highest BCUT2D eigenvalue weighted by Crippen LogP contribution is 2.28. The van der Waals surface area contributed by atoms with E-state index in [-0.39, 0.29) is 41.3 Å². The molecule has 1 aliphatic heterocycles. The second kappa shape index (κ2) is 14.8. The van der Waals surface area contributed by atoms with Crippen molar-refractivity contribution in [1.82, 2.24) is 14.9 Å². The number of carbonyl (C=O) groups excluding carboxylic acids is 3. The number of thiol groups is 1. The second-order valence-electron chi connectivity index (χ2n) is 10.4. The average molecular weight is 594 g/mol. The first-order chi connectivity index (χ1) is 19.1. The number of rotatable bonds is 11. The maximum absolute atomic E-state index is 13.3. The highest BCUT2D eigenvalue weighted by atomic mass is 32.2. The quantitative estimate of drug-likeness (QED) is 0.156. The van der Waals surface area contributed by atoms with Crippen molar-refractivity contribution in [3.05, 3.63) is 47.5 Å². The van der Waals surface area contributed by atoms with Crippen molar-refractivity contribution in [1.29, 1.82) is 0 Å². The minimum Gasteiger partial charge on any atom is -0.354 e. The summed E-state index contributed by atoms with van der Waals surface area (Å²) in [5, 5.41) is 5.62. The molecule has 0 radical (unpaired) electrons. The van der Waals surface area contributed by atoms with Gasteiger partial charge in [0.2, 0.25) is 12.1 Å². The summed E-state index contributed by atoms with van der Waals surface area (Å²) in [7, 11) is -2.62. The summed E-state index contributed by atoms with van der Waals surface area (Å²) in [5.74, 6) is -1.29. The summed E-state index contributed by atoms with van der Waals surface area (Å²) < 4.78 is 28.9. The fourth-order valence-corrected chi connectivity index (χ4v) is 6.91. The standard InChI is InChI=1S/C28H40N4O6S2/c1-4-20(2)26(39)28(35)30-23(17-21-11-6-5-7-12-21)27(34)29-18-22-13-10-15-31(19-24(22)33)40(36,37)25-14-8-9-16-32(25)38-3/h4,8-9,14,16,21-23H,1,5-7,10-13,15,17-19H2,2-3H3,(H2-,29,30,34,35,39)/p+1/b26-20-/t22?,23-/m0/s1. The predicted molar refractivity (Wildman–Crippen MR) is 154 cm³/mol. The molecule has 2 heterocycles. The molecule has 2 atom stereocenters. The van der Waals surface area contributed by atoms with Crippen LogP contribution in [0.2, 0.25) is 0 Å². The van der Waals surface area contributed by atoms with E-state index in [0.29, 0.717) is 30.8 Å². The number of allylic oxidation sites excluding steroid dienone is 2. The average Bonchev–Trinajstić information content (AvgIpc) is 3.16. The summed E-state index contributed by atoms with van der Waals surface area (Å²) >= 11 is 4.30. The first-order valence-corrected chi connectivity index (χ1v) is 15.7. The van der Waals surface area contributed by atoms with Crippen LogP contribution in [-0.4, -0.2) is 63.1 Å². The molecule has 10 nitrogen and oxygen atoms in total. The molecule has 2 aliphatic rings. The predicted octanol–water partition coefficient (Wildman–Crippen LogP) is 1.96. The van der Waals surface area contributed by atoms with Crippen molar-refractivity contribution in [2.24, 2.45) is 11.8 Å². The monoisotopic (exact) mass is 593 g/mol. The van der Waals surface area contributed by atoms with Crippen LogP contribution >= 0.6 is 12.6 Å². The van der Waals surface area contributed by atoms with E-state index >= 15 is 0 Å². The van der Waals surface area contributed by atoms with E-state index in [1.165, 1.54) is 31.9 Å². The van der Waals surface area contributed by atoms with Gasteiger partial charge in [-0.2, -0.15) is 4.31 Å². The Morgan fingerprint density at radius 3 is 2.62 bits per heavy atom. The Hall–Kier alpha value is -2.70. The summed E-state index contributed by atoms with van der Waals surface area (Å²) in [4.78, 5) is 44.6. The highest BCUT2D eigenvalue weighted by Gasteiger charge is 2.38. The second-order valence-corrected chi connectivity index (χ2v) is 12.8. The minimum atomic E-state index is -3.98. The summed E-state index contributed by atoms with van der Waals surface area (Å²) in [6, 6.07) is 3.89. The van der Waals surface area contributed by atoms with Crippen LogP contribution in [-0.2, 0) is 24.4 Å². The molecule has 1 unspecified atom stereocenters. The van der Waals surface area contributed by atoms with Crippen LogP contribution < -0.4 is 20.2 Å². The van der Waals surface area contributed by atoms with E-state index in [4.69, 9.17) is 4.84 Å². The van der Waals surface area contributed by atoms with Gasteiger partial charge in [-0.25, -0.2) is 8.42 Å². The molecule has 1 saturated carbocycles. The molecule has 2 amide bonds. The lowest BCUT2D eigenvalue weighted by molar-refractivity contribution is -0.914. The smallest absolute Gasteiger partial charge is 0.354 e. The number of pyridine rings is 1. The number of hydrogen-bond acceptors (Lipinski definition) is 7. The number of Topliss-reactive ketones (excluding diaryl/α,β-unsaturated/α-hetero) is 1. The zero-order valence-corrected chi connectivity index (χ0v) is 25.0. The molecule has 0 bridgehead atoms. The highest BCUT2D eigenvalue weighted by molar-refractivity contribution is 7.89. The van der Waals surface area contributed by atoms with Gasteiger partial charge >= 0.3 is 15.0 Å². The van der Waals surface area contributed by atoms with Crippen LogP contribution in [0.1, 0.15) is 58.3 Å². The van der Waals surface area contributed by atoms with Crippen LogP contribution in [0.4, 0.5) is 0 Å². The van der Waals surface area contributed by atoms with Crippen LogP contribution in [0.5, 0.6) is 0 Å². The Labute approximate surface area is 242 Å². The zero-order chi connectivity index (χ0) is 29.3. The van der Waals surface area contributed by atoms with E-state index in [1.807, 2.05) is 0 Å². The Balaban J connectivity index is 1.67. The molecular weight excluding hydrogens is 552 g/mol. The molecule has 3 rings (SSSR count). The van der Waals surface area contributed by atoms with Gasteiger partial charge in [-0.1, -0.05) is 44.8 Å². The van der Waals surface area contributed by atoms with E-state index in [1.54, 1.807) is 19.1 Å². The Morgan fingerprint density at radius 2 is 1.95 bits per heavy atom. The van der Waals surface area contributed by atoms with Crippen molar-refractivity contribution in [3.8, 4) is 0 Å². The van der Waals surface area contributed by atoms with E-state index in [0.717, 1.165) is 34.7 Å². The first-order valence-electron chi connectivity index (χ1n) is 13.8. The van der Waals surface area contributed by atoms with Crippen LogP contribution in [0, 0.1) is 11.8 Å². The molecule has 220 valence electrons. The summed E-state index contributed by atoms with van der Waals surface area (Å²) in [6.07, 6.45) is 9.81. The third-order valence-electron chi connectivity index (χ3n) is 7.67. The van der Waals surface area contributed by atoms with Gasteiger partial charge in [0.1, 0.15) is 13.2 Å². The molecule has 12 heteroatoms. The number of amides is 2. The van der Waals surface area contributed by atoms with Gasteiger partial charge in [0.25, 0.3) is 5.91 Å². The normalized spacial score (nSPS) is 20.6. The number of ketones is 1. The number of nitrogens with one attached hydrogen (secondary N) is 2. The first kappa shape index (κ1) is 31.8. The minimum absolute atomic E-state index is 0.0670. The molecule has 1 saturated heterocycles. The lowest BCUT2D eigenvalue weighted by Gasteiger charge is -2.27. The lowest BCUT2D eigenvalue weighted by atomic mass is 9.84. The maximum Gasteiger partial charge on any atom is 0.362 e. The van der Waals surface area contributed by atoms with Crippen molar-refractivity contribution in [2.45, 2.75) is 69.4 Å². The Bertz CT molecular complexity index is 1230. The number of carbonyl (C=O) groups is 3. The maximum atomic E-state index is 13.3. The van der Waals surface area contributed by atoms with Crippen LogP contribution in [0.25, 0.3) is 0 Å². The molecule has 1 aromatic rings. The molecule has 2 fully saturated rings. The molecule has 0 spiro atoms. The summed E-state index contributed by atoms with van der Waals surface area (Å²) in [6.45, 7) is 5.34. The molecule has 1 aromatic heterocycles. The topological polar surface area (TPSA) is 126 Å². The summed E-state index contributed by atoms with van der Waals surface area (Å²) in [5.41, 5.74) is 0.604. The Morgan fingerprint density at radius 1 is 1.23 bits per heavy atom. The SMILES string of the molecule is C=C/C(C)=C(\S)C(=O)N[C@@H](CC1CCCCC1)C(=O)NCC1CCCN(S(=O)(=O)c2cccc[n+]2OC)CC1=O. The number of hydrogen-bond donors (Lipinski definition) is 3. The van der Waals surface area contributed by atoms with Crippen molar-refractivity contribution in [2.75, 3.05) is 26.7 Å². The number of nitrogens with zero attached hydrogens (tertiary/aromatic N) is 2. The lowest BCUT2D eigenvalue weighted by Crippen LogP contribution is -2.50. The molecular formula is C28H41N4O6S2+. The fraction of sp³-hybridized carbons (Fsp3) is 0.571. The van der Waals surface area contributed by atoms with Gasteiger partial charge in [-0.3, -0.25) is 19.2 Å². The van der Waals surface area contributed by atoms with Crippen molar-refractivity contribution >= 4 is 40.2 Å². The van der Waals surface area contributed by atoms with Gasteiger partial charge in [0.05, 0.1) is 11.4 Å². The van der Waals surface area contributed by atoms with E-state index in [2.05, 4.69) is 29.8 Å². The Kier molecular flexibility index (Phi) is 11.8. The van der Waals surface area contributed by atoms with Gasteiger partial charge in [-0.15, -0.1) is 12.6 Å². The molecule has 0 aromatic carbocycles. The van der Waals surface area contributed by atoms with Gasteiger partial charge in [0.15, 0.2) is 5.78 Å². The van der Waals surface area contributed by atoms with Crippen LogP contribution in [0.3, 0.4) is 0 Å². The van der Waals surface area contributed by atoms with E-state index in [9.17, 15) is 22.8 Å². The molecule has 1 aliphatic carbocycles. The van der Waals surface area contributed by atoms with Gasteiger partial charge in [0, 0.05) is 35.9 Å². The fourth-order valence-electron chi connectivity index (χ4n) is 5.21. The van der Waals surface area contributed by atoms with Gasteiger partial charge < -0.3 is 10.6 Å². The van der Waals surface area contributed by atoms with Crippen molar-refractivity contribution in [3.63, 3.8) is 0 Å². The van der Waals surface area contributed by atoms with Crippen LogP contribution in [0.15, 0.2) is 52.6 Å². The third-order valence-corrected chi connectivity index (χ3v) is 10.1. The molecule has 2 N–H and O–H groups in total. The van der Waals surface area contributed by atoms with Crippen molar-refractivity contribution < 1.29 is 32.4 Å². The molecule has 40 heavy (non-hydrogen) atoms. The largest absolute Gasteiger partial charge is 0.362 e. The zero-order valence-electron chi connectivity index (χ0n) is 23.3. The number of aromatic nitrogens is 1. The third kappa shape index (κ3) is 8.17. The number of sulfonamides is 1. The van der Waals surface area contributed by atoms with Gasteiger partial charge in [-0.05, 0) is 43.7 Å².